The van der Waals surface area contributed by atoms with E-state index in [1.807, 2.05) is 32.0 Å². The second kappa shape index (κ2) is 5.94. The Hall–Kier alpha value is -2.39. The van der Waals surface area contributed by atoms with E-state index in [1.54, 1.807) is 12.1 Å². The van der Waals surface area contributed by atoms with Gasteiger partial charge in [0.15, 0.2) is 0 Å². The van der Waals surface area contributed by atoms with Crippen molar-refractivity contribution < 1.29 is 8.42 Å². The Bertz CT molecular complexity index is 775. The Morgan fingerprint density at radius 2 is 2.00 bits per heavy atom. The van der Waals surface area contributed by atoms with Gasteiger partial charge in [0.2, 0.25) is 0 Å². The third-order valence-electron chi connectivity index (χ3n) is 2.97. The van der Waals surface area contributed by atoms with Gasteiger partial charge >= 0.3 is 0 Å². The summed E-state index contributed by atoms with van der Waals surface area (Å²) in [6, 6.07) is 11.8. The van der Waals surface area contributed by atoms with Crippen LogP contribution in [0.4, 0.5) is 5.69 Å². The zero-order valence-corrected chi connectivity index (χ0v) is 12.6. The summed E-state index contributed by atoms with van der Waals surface area (Å²) in [5.41, 5.74) is 1.73. The molecule has 0 fully saturated rings. The highest BCUT2D eigenvalue weighted by Gasteiger charge is 2.15. The van der Waals surface area contributed by atoms with Crippen LogP contribution in [0.25, 0.3) is 0 Å². The Kier molecular flexibility index (Phi) is 4.24. The van der Waals surface area contributed by atoms with E-state index in [2.05, 4.69) is 9.71 Å². The second-order valence-electron chi connectivity index (χ2n) is 4.88. The molecule has 0 aliphatic rings. The van der Waals surface area contributed by atoms with Gasteiger partial charge in [0, 0.05) is 11.9 Å². The number of benzene rings is 1. The van der Waals surface area contributed by atoms with Gasteiger partial charge in [0.05, 0.1) is 0 Å². The molecule has 0 aliphatic carbocycles. The van der Waals surface area contributed by atoms with Crippen molar-refractivity contribution in [1.82, 2.24) is 4.98 Å². The van der Waals surface area contributed by atoms with Crippen LogP contribution in [0.3, 0.4) is 0 Å². The minimum atomic E-state index is -3.70. The number of rotatable bonds is 4. The minimum absolute atomic E-state index is 0.0245. The van der Waals surface area contributed by atoms with Crippen molar-refractivity contribution in [3.05, 3.63) is 53.9 Å². The number of sulfonamides is 1. The molecule has 1 aromatic carbocycles. The van der Waals surface area contributed by atoms with Crippen LogP contribution in [-0.4, -0.2) is 13.4 Å². The summed E-state index contributed by atoms with van der Waals surface area (Å²) in [4.78, 5) is 3.80. The maximum Gasteiger partial charge on any atom is 0.263 e. The number of nitrogens with zero attached hydrogens (tertiary/aromatic N) is 2. The average Bonchev–Trinajstić information content (AvgIpc) is 2.47. The molecular formula is C15H15N3O2S. The van der Waals surface area contributed by atoms with Crippen molar-refractivity contribution in [2.24, 2.45) is 0 Å². The predicted molar refractivity (Wildman–Crippen MR) is 80.3 cm³/mol. The average molecular weight is 301 g/mol. The van der Waals surface area contributed by atoms with Gasteiger partial charge in [-0.05, 0) is 35.7 Å². The summed E-state index contributed by atoms with van der Waals surface area (Å²) in [7, 11) is -3.70. The lowest BCUT2D eigenvalue weighted by molar-refractivity contribution is 0.601. The molecule has 2 rings (SSSR count). The number of hydrogen-bond acceptors (Lipinski definition) is 4. The topological polar surface area (TPSA) is 82.9 Å². The van der Waals surface area contributed by atoms with Crippen LogP contribution < -0.4 is 4.72 Å². The van der Waals surface area contributed by atoms with E-state index in [4.69, 9.17) is 5.26 Å². The molecule has 1 aromatic heterocycles. The van der Waals surface area contributed by atoms with Crippen LogP contribution in [0.15, 0.2) is 47.5 Å². The third-order valence-corrected chi connectivity index (χ3v) is 4.33. The molecule has 1 heterocycles. The molecule has 0 bridgehead atoms. The highest BCUT2D eigenvalue weighted by molar-refractivity contribution is 7.92. The van der Waals surface area contributed by atoms with Crippen LogP contribution in [0.2, 0.25) is 0 Å². The molecule has 0 saturated heterocycles. The quantitative estimate of drug-likeness (QED) is 0.941. The molecule has 0 spiro atoms. The number of nitrogens with one attached hydrogen (secondary N) is 1. The van der Waals surface area contributed by atoms with Crippen LogP contribution >= 0.6 is 0 Å². The molecule has 0 unspecified atom stereocenters. The molecule has 0 aliphatic heterocycles. The van der Waals surface area contributed by atoms with Gasteiger partial charge in [-0.1, -0.05) is 26.0 Å². The number of aromatic nitrogens is 1. The Balaban J connectivity index is 2.28. The van der Waals surface area contributed by atoms with Crippen molar-refractivity contribution in [1.29, 1.82) is 5.26 Å². The number of hydrogen-bond donors (Lipinski definition) is 1. The fourth-order valence-electron chi connectivity index (χ4n) is 1.78. The SMILES string of the molecule is CC(C)c1cccc(NS(=O)(=O)c2ccc(C#N)nc2)c1. The molecule has 0 saturated carbocycles. The smallest absolute Gasteiger partial charge is 0.263 e. The van der Waals surface area contributed by atoms with Gasteiger partial charge in [-0.2, -0.15) is 5.26 Å². The number of pyridine rings is 1. The van der Waals surface area contributed by atoms with Gasteiger partial charge < -0.3 is 0 Å². The predicted octanol–water partition coefficient (Wildman–Crippen LogP) is 2.88. The lowest BCUT2D eigenvalue weighted by Crippen LogP contribution is -2.13. The zero-order valence-electron chi connectivity index (χ0n) is 11.7. The highest BCUT2D eigenvalue weighted by Crippen LogP contribution is 2.21. The monoisotopic (exact) mass is 301 g/mol. The lowest BCUT2D eigenvalue weighted by Gasteiger charge is -2.11. The van der Waals surface area contributed by atoms with Crippen molar-refractivity contribution in [2.45, 2.75) is 24.7 Å². The summed E-state index contributed by atoms with van der Waals surface area (Å²) < 4.78 is 27.0. The lowest BCUT2D eigenvalue weighted by atomic mass is 10.0. The number of nitriles is 1. The maximum atomic E-state index is 12.2. The second-order valence-corrected chi connectivity index (χ2v) is 6.56. The normalized spacial score (nSPS) is 11.1. The fraction of sp³-hybridized carbons (Fsp3) is 0.200. The Labute approximate surface area is 124 Å². The van der Waals surface area contributed by atoms with Gasteiger partial charge in [-0.3, -0.25) is 4.72 Å². The Morgan fingerprint density at radius 1 is 1.24 bits per heavy atom. The third kappa shape index (κ3) is 3.58. The van der Waals surface area contributed by atoms with Gasteiger partial charge in [-0.15, -0.1) is 0 Å². The molecule has 5 nitrogen and oxygen atoms in total. The molecule has 1 N–H and O–H groups in total. The van der Waals surface area contributed by atoms with E-state index < -0.39 is 10.0 Å². The summed E-state index contributed by atoms with van der Waals surface area (Å²) >= 11 is 0. The zero-order chi connectivity index (χ0) is 15.5. The van der Waals surface area contributed by atoms with Gasteiger partial charge in [-0.25, -0.2) is 13.4 Å². The van der Waals surface area contributed by atoms with Crippen LogP contribution in [-0.2, 0) is 10.0 Å². The molecule has 2 aromatic rings. The van der Waals surface area contributed by atoms with Gasteiger partial charge in [0.1, 0.15) is 16.7 Å². The number of anilines is 1. The molecule has 6 heteroatoms. The molecule has 0 radical (unpaired) electrons. The fourth-order valence-corrected chi connectivity index (χ4v) is 2.77. The van der Waals surface area contributed by atoms with E-state index in [9.17, 15) is 8.42 Å². The largest absolute Gasteiger partial charge is 0.280 e. The van der Waals surface area contributed by atoms with E-state index in [1.165, 1.54) is 18.3 Å². The van der Waals surface area contributed by atoms with Gasteiger partial charge in [0.25, 0.3) is 10.0 Å². The van der Waals surface area contributed by atoms with Crippen LogP contribution in [0.5, 0.6) is 0 Å². The summed E-state index contributed by atoms with van der Waals surface area (Å²) in [5, 5.41) is 8.67. The first-order chi connectivity index (χ1) is 9.92. The minimum Gasteiger partial charge on any atom is -0.280 e. The Morgan fingerprint density at radius 3 is 2.57 bits per heavy atom. The first-order valence-electron chi connectivity index (χ1n) is 6.41. The first kappa shape index (κ1) is 15.0. The van der Waals surface area contributed by atoms with E-state index >= 15 is 0 Å². The summed E-state index contributed by atoms with van der Waals surface area (Å²) in [6.45, 7) is 4.08. The van der Waals surface area contributed by atoms with E-state index in [0.717, 1.165) is 5.56 Å². The molecular weight excluding hydrogens is 286 g/mol. The van der Waals surface area contributed by atoms with Crippen molar-refractivity contribution in [2.75, 3.05) is 4.72 Å². The highest BCUT2D eigenvalue weighted by atomic mass is 32.2. The summed E-state index contributed by atoms with van der Waals surface area (Å²) in [5.74, 6) is 0.311. The first-order valence-corrected chi connectivity index (χ1v) is 7.89. The van der Waals surface area contributed by atoms with Crippen LogP contribution in [0, 0.1) is 11.3 Å². The van der Waals surface area contributed by atoms with Crippen LogP contribution in [0.1, 0.15) is 31.0 Å². The molecule has 0 atom stereocenters. The maximum absolute atomic E-state index is 12.2. The molecule has 0 amide bonds. The van der Waals surface area contributed by atoms with Crippen molar-refractivity contribution >= 4 is 15.7 Å². The molecule has 21 heavy (non-hydrogen) atoms. The standard InChI is InChI=1S/C15H15N3O2S/c1-11(2)12-4-3-5-13(8-12)18-21(19,20)15-7-6-14(9-16)17-10-15/h3-8,10-11,18H,1-2H3. The summed E-state index contributed by atoms with van der Waals surface area (Å²) in [6.07, 6.45) is 1.17. The van der Waals surface area contributed by atoms with E-state index in [0.29, 0.717) is 11.6 Å². The van der Waals surface area contributed by atoms with Crippen molar-refractivity contribution in [3.63, 3.8) is 0 Å². The van der Waals surface area contributed by atoms with E-state index in [-0.39, 0.29) is 10.6 Å². The van der Waals surface area contributed by atoms with Crippen molar-refractivity contribution in [3.8, 4) is 6.07 Å². The molecule has 108 valence electrons.